The van der Waals surface area contributed by atoms with Gasteiger partial charge >= 0.3 is 0 Å². The van der Waals surface area contributed by atoms with Gasteiger partial charge in [0.05, 0.1) is 0 Å². The first-order valence-electron chi connectivity index (χ1n) is 9.55. The maximum atomic E-state index is 12.6. The Balaban J connectivity index is 1.35. The summed E-state index contributed by atoms with van der Waals surface area (Å²) >= 11 is 7.28. The Kier molecular flexibility index (Phi) is 6.48. The lowest BCUT2D eigenvalue weighted by Crippen LogP contribution is -2.48. The summed E-state index contributed by atoms with van der Waals surface area (Å²) in [5, 5.41) is 2.82. The number of hydrogen-bond donors (Lipinski definition) is 0. The largest absolute Gasteiger partial charge is 0.344 e. The van der Waals surface area contributed by atoms with Crippen LogP contribution in [-0.4, -0.2) is 48.3 Å². The van der Waals surface area contributed by atoms with E-state index in [2.05, 4.69) is 14.3 Å². The fraction of sp³-hybridized carbons (Fsp3) is 0.238. The van der Waals surface area contributed by atoms with E-state index in [1.807, 2.05) is 54.6 Å². The van der Waals surface area contributed by atoms with Crippen molar-refractivity contribution in [3.05, 3.63) is 82.0 Å². The maximum absolute atomic E-state index is 12.6. The molecule has 9 heteroatoms. The highest BCUT2D eigenvalue weighted by atomic mass is 35.5. The van der Waals surface area contributed by atoms with E-state index in [-0.39, 0.29) is 0 Å². The smallest absolute Gasteiger partial charge is 0.236 e. The molecule has 1 fully saturated rings. The Bertz CT molecular complexity index is 1110. The molecule has 0 saturated carbocycles. The van der Waals surface area contributed by atoms with E-state index >= 15 is 0 Å². The van der Waals surface area contributed by atoms with Crippen molar-refractivity contribution in [3.63, 3.8) is 0 Å². The number of sulfonamides is 1. The van der Waals surface area contributed by atoms with Gasteiger partial charge in [-0.05, 0) is 29.3 Å². The molecule has 0 radical (unpaired) electrons. The lowest BCUT2D eigenvalue weighted by Gasteiger charge is -2.32. The number of nitrogens with zero attached hydrogens (tertiary/aromatic N) is 4. The SMILES string of the molecule is O=S(=O)(C=Cc1ccccc1)N1CCN(c2nc(Cc3ccc(Cl)cc3)ns2)CC1. The van der Waals surface area contributed by atoms with Crippen LogP contribution in [0, 0.1) is 0 Å². The first-order chi connectivity index (χ1) is 14.5. The summed E-state index contributed by atoms with van der Waals surface area (Å²) in [5.74, 6) is 0.762. The highest BCUT2D eigenvalue weighted by Gasteiger charge is 2.26. The third kappa shape index (κ3) is 5.26. The van der Waals surface area contributed by atoms with E-state index in [9.17, 15) is 8.42 Å². The van der Waals surface area contributed by atoms with Crippen LogP contribution >= 0.6 is 23.1 Å². The molecular weight excluding hydrogens is 440 g/mol. The lowest BCUT2D eigenvalue weighted by atomic mass is 10.1. The van der Waals surface area contributed by atoms with Crippen LogP contribution in [0.4, 0.5) is 5.13 Å². The summed E-state index contributed by atoms with van der Waals surface area (Å²) in [6.07, 6.45) is 2.28. The van der Waals surface area contributed by atoms with Gasteiger partial charge in [-0.25, -0.2) is 13.4 Å². The minimum atomic E-state index is -3.44. The second-order valence-corrected chi connectivity index (χ2v) is 9.93. The van der Waals surface area contributed by atoms with E-state index in [0.717, 1.165) is 22.1 Å². The van der Waals surface area contributed by atoms with Crippen LogP contribution in [0.25, 0.3) is 6.08 Å². The van der Waals surface area contributed by atoms with Crippen LogP contribution in [0.5, 0.6) is 0 Å². The topological polar surface area (TPSA) is 66.4 Å². The number of benzene rings is 2. The van der Waals surface area contributed by atoms with Crippen molar-refractivity contribution in [1.82, 2.24) is 13.7 Å². The average molecular weight is 461 g/mol. The first-order valence-corrected chi connectivity index (χ1v) is 12.2. The molecule has 6 nitrogen and oxygen atoms in total. The number of anilines is 1. The van der Waals surface area contributed by atoms with Crippen molar-refractivity contribution in [3.8, 4) is 0 Å². The Morgan fingerprint density at radius 3 is 2.40 bits per heavy atom. The first kappa shape index (κ1) is 21.0. The number of hydrogen-bond acceptors (Lipinski definition) is 6. The molecule has 1 aromatic heterocycles. The fourth-order valence-corrected chi connectivity index (χ4v) is 5.21. The standard InChI is InChI=1S/C21H21ClN4O2S2/c22-19-8-6-18(7-9-19)16-20-23-21(29-24-20)25-11-13-26(14-12-25)30(27,28)15-10-17-4-2-1-3-5-17/h1-10,15H,11-14,16H2. The molecule has 2 heterocycles. The zero-order valence-corrected chi connectivity index (χ0v) is 18.6. The third-order valence-electron chi connectivity index (χ3n) is 4.83. The van der Waals surface area contributed by atoms with Crippen molar-refractivity contribution < 1.29 is 8.42 Å². The second-order valence-electron chi connectivity index (χ2n) is 6.94. The normalized spacial score (nSPS) is 15.7. The van der Waals surface area contributed by atoms with E-state index in [1.54, 1.807) is 6.08 Å². The van der Waals surface area contributed by atoms with Gasteiger partial charge in [-0.15, -0.1) is 0 Å². The molecule has 1 aliphatic heterocycles. The van der Waals surface area contributed by atoms with Crippen LogP contribution in [0.15, 0.2) is 60.0 Å². The summed E-state index contributed by atoms with van der Waals surface area (Å²) in [6.45, 7) is 2.03. The van der Waals surface area contributed by atoms with Gasteiger partial charge < -0.3 is 4.90 Å². The molecule has 156 valence electrons. The van der Waals surface area contributed by atoms with E-state index in [1.165, 1.54) is 21.2 Å². The van der Waals surface area contributed by atoms with Gasteiger partial charge in [0.1, 0.15) is 5.82 Å². The van der Waals surface area contributed by atoms with Crippen LogP contribution in [0.3, 0.4) is 0 Å². The molecule has 1 saturated heterocycles. The minimum absolute atomic E-state index is 0.424. The van der Waals surface area contributed by atoms with Gasteiger partial charge in [0.25, 0.3) is 0 Å². The van der Waals surface area contributed by atoms with Gasteiger partial charge in [0.2, 0.25) is 15.2 Å². The van der Waals surface area contributed by atoms with Crippen molar-refractivity contribution >= 4 is 44.4 Å². The van der Waals surface area contributed by atoms with Crippen molar-refractivity contribution in [2.75, 3.05) is 31.1 Å². The predicted molar refractivity (Wildman–Crippen MR) is 122 cm³/mol. The summed E-state index contributed by atoms with van der Waals surface area (Å²) in [6, 6.07) is 17.1. The van der Waals surface area contributed by atoms with E-state index < -0.39 is 10.0 Å². The Hall–Kier alpha value is -2.26. The molecule has 0 spiro atoms. The van der Waals surface area contributed by atoms with E-state index in [0.29, 0.717) is 37.6 Å². The zero-order chi connectivity index (χ0) is 21.0. The van der Waals surface area contributed by atoms with Crippen molar-refractivity contribution in [2.24, 2.45) is 0 Å². The predicted octanol–water partition coefficient (Wildman–Crippen LogP) is 3.91. The molecule has 0 N–H and O–H groups in total. The molecule has 2 aromatic carbocycles. The van der Waals surface area contributed by atoms with Crippen LogP contribution in [-0.2, 0) is 16.4 Å². The fourth-order valence-electron chi connectivity index (χ4n) is 3.18. The average Bonchev–Trinajstić information content (AvgIpc) is 3.23. The molecule has 0 bridgehead atoms. The number of piperazine rings is 1. The molecule has 0 amide bonds. The Morgan fingerprint density at radius 2 is 1.70 bits per heavy atom. The van der Waals surface area contributed by atoms with E-state index in [4.69, 9.17) is 11.6 Å². The highest BCUT2D eigenvalue weighted by Crippen LogP contribution is 2.22. The molecule has 0 atom stereocenters. The van der Waals surface area contributed by atoms with Gasteiger partial charge in [0.15, 0.2) is 0 Å². The lowest BCUT2D eigenvalue weighted by molar-refractivity contribution is 0.390. The van der Waals surface area contributed by atoms with Gasteiger partial charge in [-0.1, -0.05) is 54.1 Å². The number of rotatable bonds is 6. The third-order valence-corrected chi connectivity index (χ3v) is 7.47. The highest BCUT2D eigenvalue weighted by molar-refractivity contribution is 7.92. The maximum Gasteiger partial charge on any atom is 0.236 e. The minimum Gasteiger partial charge on any atom is -0.344 e. The molecule has 30 heavy (non-hydrogen) atoms. The van der Waals surface area contributed by atoms with Gasteiger partial charge in [-0.2, -0.15) is 8.68 Å². The van der Waals surface area contributed by atoms with Gasteiger partial charge in [0, 0.05) is 54.6 Å². The molecule has 0 unspecified atom stereocenters. The van der Waals surface area contributed by atoms with Crippen LogP contribution < -0.4 is 4.90 Å². The van der Waals surface area contributed by atoms with Crippen LogP contribution in [0.2, 0.25) is 5.02 Å². The molecule has 3 aromatic rings. The number of aromatic nitrogens is 2. The van der Waals surface area contributed by atoms with Crippen LogP contribution in [0.1, 0.15) is 17.0 Å². The number of halogens is 1. The summed E-state index contributed by atoms with van der Waals surface area (Å²) in [7, 11) is -3.44. The summed E-state index contributed by atoms with van der Waals surface area (Å²) in [4.78, 5) is 6.73. The van der Waals surface area contributed by atoms with Crippen molar-refractivity contribution in [2.45, 2.75) is 6.42 Å². The van der Waals surface area contributed by atoms with Crippen molar-refractivity contribution in [1.29, 1.82) is 0 Å². The monoisotopic (exact) mass is 460 g/mol. The summed E-state index contributed by atoms with van der Waals surface area (Å²) in [5.41, 5.74) is 1.96. The zero-order valence-electron chi connectivity index (χ0n) is 16.2. The Morgan fingerprint density at radius 1 is 1.00 bits per heavy atom. The Labute approximate surface area is 185 Å². The molecule has 0 aliphatic carbocycles. The second kappa shape index (κ2) is 9.26. The molecule has 1 aliphatic rings. The quantitative estimate of drug-likeness (QED) is 0.558. The molecular formula is C21H21ClN4O2S2. The summed E-state index contributed by atoms with van der Waals surface area (Å²) < 4.78 is 31.2. The molecule has 4 rings (SSSR count). The van der Waals surface area contributed by atoms with Gasteiger partial charge in [-0.3, -0.25) is 0 Å².